The maximum atomic E-state index is 10.5. The zero-order valence-electron chi connectivity index (χ0n) is 11.4. The Labute approximate surface area is 114 Å². The first-order valence-corrected chi connectivity index (χ1v) is 7.30. The predicted molar refractivity (Wildman–Crippen MR) is 73.5 cm³/mol. The number of fused-ring (bicyclic) bond motifs is 1. The van der Waals surface area contributed by atoms with Crippen LogP contribution in [0.5, 0.6) is 11.5 Å². The van der Waals surface area contributed by atoms with Gasteiger partial charge in [0.25, 0.3) is 0 Å². The van der Waals surface area contributed by atoms with Crippen LogP contribution in [0, 0.1) is 11.8 Å². The predicted octanol–water partition coefficient (Wildman–Crippen LogP) is 3.01. The molecule has 1 aromatic rings. The molecular formula is C16H22O3. The number of hydrogen-bond donors (Lipinski definition) is 1. The summed E-state index contributed by atoms with van der Waals surface area (Å²) in [5, 5.41) is 10.5. The highest BCUT2D eigenvalue weighted by molar-refractivity contribution is 5.40. The number of benzene rings is 1. The molecule has 3 nitrogen and oxygen atoms in total. The van der Waals surface area contributed by atoms with Gasteiger partial charge in [0.15, 0.2) is 17.6 Å². The fourth-order valence-electron chi connectivity index (χ4n) is 3.30. The highest BCUT2D eigenvalue weighted by Gasteiger charge is 2.34. The molecule has 19 heavy (non-hydrogen) atoms. The molecule has 4 atom stereocenters. The number of para-hydroxylation sites is 2. The minimum atomic E-state index is -0.420. The van der Waals surface area contributed by atoms with Crippen LogP contribution in [0.25, 0.3) is 0 Å². The van der Waals surface area contributed by atoms with Crippen LogP contribution in [0.2, 0.25) is 0 Å². The summed E-state index contributed by atoms with van der Waals surface area (Å²) in [4.78, 5) is 0. The van der Waals surface area contributed by atoms with Gasteiger partial charge < -0.3 is 14.6 Å². The largest absolute Gasteiger partial charge is 0.486 e. The monoisotopic (exact) mass is 262 g/mol. The highest BCUT2D eigenvalue weighted by atomic mass is 16.6. The second-order valence-electron chi connectivity index (χ2n) is 5.94. The van der Waals surface area contributed by atoms with Crippen molar-refractivity contribution in [2.45, 2.75) is 44.8 Å². The van der Waals surface area contributed by atoms with Gasteiger partial charge in [-0.25, -0.2) is 0 Å². The van der Waals surface area contributed by atoms with E-state index in [-0.39, 0.29) is 6.10 Å². The number of hydrogen-bond acceptors (Lipinski definition) is 3. The van der Waals surface area contributed by atoms with Crippen molar-refractivity contribution < 1.29 is 14.6 Å². The molecule has 0 amide bonds. The maximum absolute atomic E-state index is 10.5. The summed E-state index contributed by atoms with van der Waals surface area (Å²) < 4.78 is 11.6. The lowest BCUT2D eigenvalue weighted by Gasteiger charge is -2.36. The number of rotatable bonds is 2. The standard InChI is InChI=1S/C16H22O3/c1-11-5-4-6-12(9-11)16(17)15-10-18-13-7-2-3-8-14(13)19-15/h2-3,7-8,11-12,15-17H,4-6,9-10H2,1H3. The molecule has 1 N–H and O–H groups in total. The summed E-state index contributed by atoms with van der Waals surface area (Å²) in [5.41, 5.74) is 0. The van der Waals surface area contributed by atoms with Crippen LogP contribution in [0.15, 0.2) is 24.3 Å². The van der Waals surface area contributed by atoms with Crippen molar-refractivity contribution in [2.75, 3.05) is 6.61 Å². The van der Waals surface area contributed by atoms with Crippen molar-refractivity contribution in [1.82, 2.24) is 0 Å². The molecule has 0 bridgehead atoms. The summed E-state index contributed by atoms with van der Waals surface area (Å²) in [6.07, 6.45) is 4.05. The molecule has 2 aliphatic rings. The molecule has 1 aromatic carbocycles. The normalized spacial score (nSPS) is 31.8. The molecule has 0 spiro atoms. The summed E-state index contributed by atoms with van der Waals surface area (Å²) in [6.45, 7) is 2.72. The summed E-state index contributed by atoms with van der Waals surface area (Å²) in [6, 6.07) is 7.67. The Balaban J connectivity index is 1.67. The fraction of sp³-hybridized carbons (Fsp3) is 0.625. The van der Waals surface area contributed by atoms with Crippen LogP contribution in [0.4, 0.5) is 0 Å². The van der Waals surface area contributed by atoms with E-state index in [0.29, 0.717) is 18.4 Å². The van der Waals surface area contributed by atoms with Gasteiger partial charge in [-0.3, -0.25) is 0 Å². The molecule has 3 rings (SSSR count). The average Bonchev–Trinajstić information content (AvgIpc) is 2.46. The Hall–Kier alpha value is -1.22. The zero-order chi connectivity index (χ0) is 13.2. The van der Waals surface area contributed by atoms with Gasteiger partial charge in [-0.15, -0.1) is 0 Å². The van der Waals surface area contributed by atoms with Gasteiger partial charge in [0.1, 0.15) is 6.61 Å². The van der Waals surface area contributed by atoms with Crippen LogP contribution >= 0.6 is 0 Å². The van der Waals surface area contributed by atoms with Crippen molar-refractivity contribution in [3.63, 3.8) is 0 Å². The van der Waals surface area contributed by atoms with E-state index in [4.69, 9.17) is 9.47 Å². The Morgan fingerprint density at radius 1 is 1.21 bits per heavy atom. The maximum Gasteiger partial charge on any atom is 0.161 e. The molecule has 104 valence electrons. The van der Waals surface area contributed by atoms with Gasteiger partial charge >= 0.3 is 0 Å². The third-order valence-corrected chi connectivity index (χ3v) is 4.37. The second kappa shape index (κ2) is 5.41. The molecule has 1 aliphatic heterocycles. The molecular weight excluding hydrogens is 240 g/mol. The quantitative estimate of drug-likeness (QED) is 0.890. The topological polar surface area (TPSA) is 38.7 Å². The van der Waals surface area contributed by atoms with E-state index >= 15 is 0 Å². The van der Waals surface area contributed by atoms with Crippen molar-refractivity contribution >= 4 is 0 Å². The van der Waals surface area contributed by atoms with Crippen molar-refractivity contribution in [1.29, 1.82) is 0 Å². The second-order valence-corrected chi connectivity index (χ2v) is 5.94. The van der Waals surface area contributed by atoms with Crippen molar-refractivity contribution in [3.8, 4) is 11.5 Å². The third-order valence-electron chi connectivity index (χ3n) is 4.37. The number of ether oxygens (including phenoxy) is 2. The first kappa shape index (κ1) is 12.8. The summed E-state index contributed by atoms with van der Waals surface area (Å²) in [7, 11) is 0. The van der Waals surface area contributed by atoms with Gasteiger partial charge in [0.05, 0.1) is 6.10 Å². The molecule has 4 unspecified atom stereocenters. The van der Waals surface area contributed by atoms with Gasteiger partial charge in [-0.1, -0.05) is 31.9 Å². The van der Waals surface area contributed by atoms with Crippen LogP contribution < -0.4 is 9.47 Å². The van der Waals surface area contributed by atoms with E-state index in [9.17, 15) is 5.11 Å². The Morgan fingerprint density at radius 2 is 2.00 bits per heavy atom. The van der Waals surface area contributed by atoms with Crippen molar-refractivity contribution in [3.05, 3.63) is 24.3 Å². The zero-order valence-corrected chi connectivity index (χ0v) is 11.4. The smallest absolute Gasteiger partial charge is 0.161 e. The van der Waals surface area contributed by atoms with Crippen LogP contribution in [0.3, 0.4) is 0 Å². The molecule has 0 aromatic heterocycles. The molecule has 0 radical (unpaired) electrons. The molecule has 1 saturated carbocycles. The first-order chi connectivity index (χ1) is 9.24. The van der Waals surface area contributed by atoms with E-state index in [1.165, 1.54) is 12.8 Å². The van der Waals surface area contributed by atoms with E-state index in [2.05, 4.69) is 6.92 Å². The van der Waals surface area contributed by atoms with Gasteiger partial charge in [-0.2, -0.15) is 0 Å². The van der Waals surface area contributed by atoms with Gasteiger partial charge in [0, 0.05) is 0 Å². The average molecular weight is 262 g/mol. The Bertz CT molecular complexity index is 432. The fourth-order valence-corrected chi connectivity index (χ4v) is 3.30. The number of aliphatic hydroxyl groups excluding tert-OH is 1. The van der Waals surface area contributed by atoms with Crippen LogP contribution in [0.1, 0.15) is 32.6 Å². The molecule has 1 aliphatic carbocycles. The Kier molecular flexibility index (Phi) is 3.65. The van der Waals surface area contributed by atoms with E-state index in [1.807, 2.05) is 24.3 Å². The van der Waals surface area contributed by atoms with Crippen LogP contribution in [-0.2, 0) is 0 Å². The molecule has 0 saturated heterocycles. The lowest BCUT2D eigenvalue weighted by molar-refractivity contribution is -0.0499. The summed E-state index contributed by atoms with van der Waals surface area (Å²) in [5.74, 6) is 2.59. The highest BCUT2D eigenvalue weighted by Crippen LogP contribution is 2.36. The van der Waals surface area contributed by atoms with Crippen LogP contribution in [-0.4, -0.2) is 23.9 Å². The molecule has 3 heteroatoms. The number of aliphatic hydroxyl groups is 1. The summed E-state index contributed by atoms with van der Waals surface area (Å²) >= 11 is 0. The lowest BCUT2D eigenvalue weighted by atomic mass is 9.78. The minimum absolute atomic E-state index is 0.231. The lowest BCUT2D eigenvalue weighted by Crippen LogP contribution is -2.44. The van der Waals surface area contributed by atoms with Crippen molar-refractivity contribution in [2.24, 2.45) is 11.8 Å². The first-order valence-electron chi connectivity index (χ1n) is 7.30. The molecule has 1 heterocycles. The van der Waals surface area contributed by atoms with E-state index in [1.54, 1.807) is 0 Å². The Morgan fingerprint density at radius 3 is 2.79 bits per heavy atom. The third kappa shape index (κ3) is 2.71. The minimum Gasteiger partial charge on any atom is -0.486 e. The van der Waals surface area contributed by atoms with E-state index in [0.717, 1.165) is 24.3 Å². The van der Waals surface area contributed by atoms with Gasteiger partial charge in [-0.05, 0) is 36.8 Å². The SMILES string of the molecule is CC1CCCC(C(O)C2COc3ccccc3O2)C1. The molecule has 1 fully saturated rings. The van der Waals surface area contributed by atoms with E-state index < -0.39 is 6.10 Å². The van der Waals surface area contributed by atoms with Gasteiger partial charge in [0.2, 0.25) is 0 Å².